The summed E-state index contributed by atoms with van der Waals surface area (Å²) in [4.78, 5) is 15.3. The molecule has 4 rings (SSSR count). The zero-order valence-electron chi connectivity index (χ0n) is 15.3. The van der Waals surface area contributed by atoms with E-state index in [0.29, 0.717) is 49.5 Å². The number of likely N-dealkylation sites (tertiary alicyclic amines) is 1. The molecule has 0 saturated carbocycles. The van der Waals surface area contributed by atoms with Crippen molar-refractivity contribution in [1.82, 2.24) is 9.21 Å². The Morgan fingerprint density at radius 1 is 1.07 bits per heavy atom. The van der Waals surface area contributed by atoms with Crippen LogP contribution < -0.4 is 0 Å². The summed E-state index contributed by atoms with van der Waals surface area (Å²) in [6, 6.07) is 3.42. The third-order valence-corrected chi connectivity index (χ3v) is 9.00. The lowest BCUT2D eigenvalue weighted by atomic mass is 9.96. The lowest BCUT2D eigenvalue weighted by Gasteiger charge is -2.33. The van der Waals surface area contributed by atoms with Crippen LogP contribution in [0.15, 0.2) is 16.3 Å². The highest BCUT2D eigenvalue weighted by Gasteiger charge is 2.32. The first-order valence-electron chi connectivity index (χ1n) is 9.64. The third-order valence-electron chi connectivity index (χ3n) is 5.55. The Bertz CT molecular complexity index is 758. The van der Waals surface area contributed by atoms with E-state index in [-0.39, 0.29) is 18.6 Å². The van der Waals surface area contributed by atoms with E-state index in [1.165, 1.54) is 11.3 Å². The monoisotopic (exact) mass is 414 g/mol. The number of ether oxygens (including phenoxy) is 2. The average Bonchev–Trinajstić information content (AvgIpc) is 3.43. The molecule has 0 unspecified atom stereocenters. The standard InChI is InChI=1S/C18H26N2O5S2/c21-16(19-9-5-14(6-10-19)18-24-11-12-25-18)13-15-3-4-17(26-15)27(22,23)20-7-1-2-8-20/h3-4,14,18H,1-2,5-13H2. The Balaban J connectivity index is 1.32. The molecule has 7 nitrogen and oxygen atoms in total. The lowest BCUT2D eigenvalue weighted by Crippen LogP contribution is -2.42. The molecule has 3 fully saturated rings. The molecule has 3 saturated heterocycles. The van der Waals surface area contributed by atoms with Gasteiger partial charge in [-0.1, -0.05) is 0 Å². The van der Waals surface area contributed by atoms with Gasteiger partial charge in [-0.05, 0) is 37.8 Å². The molecule has 0 aliphatic carbocycles. The van der Waals surface area contributed by atoms with E-state index in [1.54, 1.807) is 16.4 Å². The Morgan fingerprint density at radius 3 is 2.41 bits per heavy atom. The normalized spacial score (nSPS) is 23.3. The quantitative estimate of drug-likeness (QED) is 0.733. The number of carbonyl (C=O) groups is 1. The molecule has 0 bridgehead atoms. The maximum atomic E-state index is 12.6. The Kier molecular flexibility index (Phi) is 5.84. The second-order valence-electron chi connectivity index (χ2n) is 7.34. The molecule has 9 heteroatoms. The molecule has 4 heterocycles. The predicted molar refractivity (Wildman–Crippen MR) is 101 cm³/mol. The van der Waals surface area contributed by atoms with Gasteiger partial charge in [0.15, 0.2) is 6.29 Å². The molecular weight excluding hydrogens is 388 g/mol. The van der Waals surface area contributed by atoms with Crippen molar-refractivity contribution < 1.29 is 22.7 Å². The number of nitrogens with zero attached hydrogens (tertiary/aromatic N) is 2. The summed E-state index contributed by atoms with van der Waals surface area (Å²) >= 11 is 1.22. The highest BCUT2D eigenvalue weighted by atomic mass is 32.2. The SMILES string of the molecule is O=C(Cc1ccc(S(=O)(=O)N2CCCC2)s1)N1CCC(C2OCCO2)CC1. The van der Waals surface area contributed by atoms with Gasteiger partial charge >= 0.3 is 0 Å². The van der Waals surface area contributed by atoms with Gasteiger partial charge in [0, 0.05) is 37.0 Å². The van der Waals surface area contributed by atoms with Gasteiger partial charge in [-0.15, -0.1) is 11.3 Å². The fourth-order valence-electron chi connectivity index (χ4n) is 3.98. The molecule has 0 atom stereocenters. The van der Waals surface area contributed by atoms with Crippen molar-refractivity contribution in [3.8, 4) is 0 Å². The van der Waals surface area contributed by atoms with Crippen LogP contribution in [0.25, 0.3) is 0 Å². The molecule has 1 aromatic heterocycles. The molecule has 1 aromatic rings. The van der Waals surface area contributed by atoms with Crippen molar-refractivity contribution in [1.29, 1.82) is 0 Å². The van der Waals surface area contributed by atoms with Crippen LogP contribution in [0.2, 0.25) is 0 Å². The van der Waals surface area contributed by atoms with Crippen LogP contribution >= 0.6 is 11.3 Å². The van der Waals surface area contributed by atoms with Crippen LogP contribution in [0.1, 0.15) is 30.6 Å². The summed E-state index contributed by atoms with van der Waals surface area (Å²) in [5.41, 5.74) is 0. The summed E-state index contributed by atoms with van der Waals surface area (Å²) in [5.74, 6) is 0.421. The van der Waals surface area contributed by atoms with Gasteiger partial charge < -0.3 is 14.4 Å². The van der Waals surface area contributed by atoms with E-state index in [1.807, 2.05) is 4.90 Å². The van der Waals surface area contributed by atoms with Crippen LogP contribution in [0.5, 0.6) is 0 Å². The topological polar surface area (TPSA) is 76.2 Å². The van der Waals surface area contributed by atoms with Crippen molar-refractivity contribution in [2.75, 3.05) is 39.4 Å². The molecule has 0 spiro atoms. The Labute approximate surface area is 164 Å². The van der Waals surface area contributed by atoms with E-state index >= 15 is 0 Å². The van der Waals surface area contributed by atoms with Crippen molar-refractivity contribution in [2.24, 2.45) is 5.92 Å². The third kappa shape index (κ3) is 4.22. The summed E-state index contributed by atoms with van der Waals surface area (Å²) in [6.45, 7) is 3.92. The van der Waals surface area contributed by atoms with E-state index < -0.39 is 10.0 Å². The Hall–Kier alpha value is -1.00. The minimum atomic E-state index is -3.40. The van der Waals surface area contributed by atoms with E-state index in [2.05, 4.69) is 0 Å². The van der Waals surface area contributed by atoms with Crippen molar-refractivity contribution >= 4 is 27.3 Å². The summed E-state index contributed by atoms with van der Waals surface area (Å²) in [5, 5.41) is 0. The van der Waals surface area contributed by atoms with Crippen LogP contribution in [0.3, 0.4) is 0 Å². The molecule has 27 heavy (non-hydrogen) atoms. The summed E-state index contributed by atoms with van der Waals surface area (Å²) in [7, 11) is -3.40. The smallest absolute Gasteiger partial charge is 0.252 e. The number of piperidine rings is 1. The van der Waals surface area contributed by atoms with Crippen LogP contribution in [0.4, 0.5) is 0 Å². The number of thiophene rings is 1. The minimum absolute atomic E-state index is 0.0636. The molecule has 150 valence electrons. The maximum Gasteiger partial charge on any atom is 0.252 e. The van der Waals surface area contributed by atoms with Gasteiger partial charge in [0.2, 0.25) is 5.91 Å². The Morgan fingerprint density at radius 2 is 1.74 bits per heavy atom. The first-order chi connectivity index (χ1) is 13.0. The molecule has 0 aromatic carbocycles. The maximum absolute atomic E-state index is 12.6. The first kappa shape index (κ1) is 19.3. The molecule has 3 aliphatic heterocycles. The lowest BCUT2D eigenvalue weighted by molar-refractivity contribution is -0.136. The van der Waals surface area contributed by atoms with Crippen LogP contribution in [0, 0.1) is 5.92 Å². The second-order valence-corrected chi connectivity index (χ2v) is 10.7. The molecule has 0 radical (unpaired) electrons. The second kappa shape index (κ2) is 8.16. The van der Waals surface area contributed by atoms with Gasteiger partial charge in [0.1, 0.15) is 4.21 Å². The zero-order chi connectivity index (χ0) is 18.9. The van der Waals surface area contributed by atoms with E-state index in [9.17, 15) is 13.2 Å². The minimum Gasteiger partial charge on any atom is -0.350 e. The highest BCUT2D eigenvalue weighted by Crippen LogP contribution is 2.29. The fraction of sp³-hybridized carbons (Fsp3) is 0.722. The highest BCUT2D eigenvalue weighted by molar-refractivity contribution is 7.91. The van der Waals surface area contributed by atoms with E-state index in [4.69, 9.17) is 9.47 Å². The number of carbonyl (C=O) groups excluding carboxylic acids is 1. The van der Waals surface area contributed by atoms with Gasteiger partial charge in [-0.2, -0.15) is 4.31 Å². The van der Waals surface area contributed by atoms with E-state index in [0.717, 1.165) is 30.6 Å². The van der Waals surface area contributed by atoms with Crippen molar-refractivity contribution in [2.45, 2.75) is 42.6 Å². The van der Waals surface area contributed by atoms with Gasteiger partial charge in [0.05, 0.1) is 19.6 Å². The molecule has 0 N–H and O–H groups in total. The van der Waals surface area contributed by atoms with Gasteiger partial charge in [-0.25, -0.2) is 8.42 Å². The van der Waals surface area contributed by atoms with Crippen LogP contribution in [-0.2, 0) is 30.7 Å². The molecule has 1 amide bonds. The van der Waals surface area contributed by atoms with Crippen LogP contribution in [-0.4, -0.2) is 69.2 Å². The largest absolute Gasteiger partial charge is 0.350 e. The predicted octanol–water partition coefficient (Wildman–Crippen LogP) is 1.69. The zero-order valence-corrected chi connectivity index (χ0v) is 17.0. The van der Waals surface area contributed by atoms with Gasteiger partial charge in [0.25, 0.3) is 10.0 Å². The number of hydrogen-bond acceptors (Lipinski definition) is 6. The number of sulfonamides is 1. The molecular formula is C18H26N2O5S2. The molecule has 3 aliphatic rings. The van der Waals surface area contributed by atoms with Crippen molar-refractivity contribution in [3.05, 3.63) is 17.0 Å². The number of amides is 1. The van der Waals surface area contributed by atoms with Crippen molar-refractivity contribution in [3.63, 3.8) is 0 Å². The average molecular weight is 415 g/mol. The summed E-state index contributed by atoms with van der Waals surface area (Å²) < 4.78 is 38.3. The first-order valence-corrected chi connectivity index (χ1v) is 11.9. The fourth-order valence-corrected chi connectivity index (χ4v) is 7.00. The summed E-state index contributed by atoms with van der Waals surface area (Å²) in [6.07, 6.45) is 3.76. The van der Waals surface area contributed by atoms with Gasteiger partial charge in [-0.3, -0.25) is 4.79 Å². The number of hydrogen-bond donors (Lipinski definition) is 0. The number of rotatable bonds is 5.